The van der Waals surface area contributed by atoms with E-state index in [4.69, 9.17) is 14.2 Å². The van der Waals surface area contributed by atoms with Crippen molar-refractivity contribution in [3.8, 4) is 0 Å². The normalized spacial score (nSPS) is 12.4. The number of ether oxygens (including phenoxy) is 3. The monoisotopic (exact) mass is 979 g/mol. The van der Waals surface area contributed by atoms with Crippen LogP contribution in [0.3, 0.4) is 0 Å². The molecule has 0 saturated carbocycles. The Hall–Kier alpha value is -2.89. The third kappa shape index (κ3) is 56.0. The van der Waals surface area contributed by atoms with Crippen molar-refractivity contribution in [2.75, 3.05) is 13.2 Å². The molecule has 1 atom stereocenters. The van der Waals surface area contributed by atoms with Crippen molar-refractivity contribution in [1.82, 2.24) is 0 Å². The number of esters is 3. The second kappa shape index (κ2) is 58.7. The summed E-state index contributed by atoms with van der Waals surface area (Å²) in [5.41, 5.74) is 0. The van der Waals surface area contributed by atoms with Crippen molar-refractivity contribution < 1.29 is 28.6 Å². The summed E-state index contributed by atoms with van der Waals surface area (Å²) in [6, 6.07) is 0. The SMILES string of the molecule is CCC/C=C\CCCCCCCC(=O)OCC(COC(=O)CCCCCCCCCCCCCC/C=C\C/C=C\C/C=C\CCCCCCC)OC(=O)CCCCCCC/C=C\CCCCCCCC. The van der Waals surface area contributed by atoms with E-state index in [9.17, 15) is 14.4 Å². The molecule has 406 valence electrons. The maximum atomic E-state index is 12.8. The van der Waals surface area contributed by atoms with Crippen LogP contribution in [0, 0.1) is 0 Å². The van der Waals surface area contributed by atoms with E-state index in [2.05, 4.69) is 81.5 Å². The molecule has 0 heterocycles. The molecule has 0 saturated heterocycles. The van der Waals surface area contributed by atoms with Crippen LogP contribution >= 0.6 is 0 Å². The topological polar surface area (TPSA) is 78.9 Å². The van der Waals surface area contributed by atoms with Crippen molar-refractivity contribution in [1.29, 1.82) is 0 Å². The number of hydrogen-bond acceptors (Lipinski definition) is 6. The lowest BCUT2D eigenvalue weighted by atomic mass is 10.0. The zero-order valence-corrected chi connectivity index (χ0v) is 46.5. The van der Waals surface area contributed by atoms with Gasteiger partial charge in [-0.1, -0.05) is 248 Å². The molecule has 0 aromatic carbocycles. The molecule has 0 radical (unpaired) electrons. The lowest BCUT2D eigenvalue weighted by Gasteiger charge is -2.18. The summed E-state index contributed by atoms with van der Waals surface area (Å²) < 4.78 is 16.8. The van der Waals surface area contributed by atoms with Crippen molar-refractivity contribution in [2.24, 2.45) is 0 Å². The van der Waals surface area contributed by atoms with Crippen LogP contribution in [0.2, 0.25) is 0 Å². The summed E-state index contributed by atoms with van der Waals surface area (Å²) in [5, 5.41) is 0. The van der Waals surface area contributed by atoms with Crippen LogP contribution in [0.5, 0.6) is 0 Å². The number of carbonyl (C=O) groups excluding carboxylic acids is 3. The molecule has 0 spiro atoms. The van der Waals surface area contributed by atoms with E-state index < -0.39 is 6.10 Å². The molecule has 1 unspecified atom stereocenters. The Labute approximate surface area is 434 Å². The predicted octanol–water partition coefficient (Wildman–Crippen LogP) is 20.4. The first-order chi connectivity index (χ1) is 34.5. The lowest BCUT2D eigenvalue weighted by molar-refractivity contribution is -0.167. The maximum absolute atomic E-state index is 12.8. The Morgan fingerprint density at radius 1 is 0.286 bits per heavy atom. The Morgan fingerprint density at radius 3 is 0.871 bits per heavy atom. The van der Waals surface area contributed by atoms with E-state index >= 15 is 0 Å². The molecule has 0 aromatic rings. The fourth-order valence-corrected chi connectivity index (χ4v) is 8.62. The van der Waals surface area contributed by atoms with Crippen LogP contribution in [-0.2, 0) is 28.6 Å². The third-order valence-electron chi connectivity index (χ3n) is 13.2. The van der Waals surface area contributed by atoms with Gasteiger partial charge in [0.2, 0.25) is 0 Å². The van der Waals surface area contributed by atoms with E-state index in [1.165, 1.54) is 173 Å². The first-order valence-electron chi connectivity index (χ1n) is 30.3. The third-order valence-corrected chi connectivity index (χ3v) is 13.2. The van der Waals surface area contributed by atoms with E-state index in [0.717, 1.165) is 96.3 Å². The molecule has 0 N–H and O–H groups in total. The van der Waals surface area contributed by atoms with E-state index in [1.54, 1.807) is 0 Å². The van der Waals surface area contributed by atoms with Gasteiger partial charge in [-0.2, -0.15) is 0 Å². The smallest absolute Gasteiger partial charge is 0.306 e. The van der Waals surface area contributed by atoms with Gasteiger partial charge in [0.15, 0.2) is 6.10 Å². The summed E-state index contributed by atoms with van der Waals surface area (Å²) >= 11 is 0. The second-order valence-corrected chi connectivity index (χ2v) is 20.2. The van der Waals surface area contributed by atoms with Crippen molar-refractivity contribution in [2.45, 2.75) is 316 Å². The minimum Gasteiger partial charge on any atom is -0.462 e. The quantitative estimate of drug-likeness (QED) is 0.0261. The van der Waals surface area contributed by atoms with Gasteiger partial charge in [0, 0.05) is 19.3 Å². The van der Waals surface area contributed by atoms with Crippen LogP contribution in [-0.4, -0.2) is 37.2 Å². The molecule has 0 fully saturated rings. The Kier molecular flexibility index (Phi) is 56.3. The van der Waals surface area contributed by atoms with Gasteiger partial charge in [-0.15, -0.1) is 0 Å². The van der Waals surface area contributed by atoms with Crippen LogP contribution in [0.15, 0.2) is 60.8 Å². The van der Waals surface area contributed by atoms with E-state index in [0.29, 0.717) is 19.3 Å². The average molecular weight is 980 g/mol. The number of allylic oxidation sites excluding steroid dienone is 10. The molecule has 6 nitrogen and oxygen atoms in total. The summed E-state index contributed by atoms with van der Waals surface area (Å²) in [6.07, 6.45) is 73.7. The molecular formula is C64H114O6. The number of carbonyl (C=O) groups is 3. The van der Waals surface area contributed by atoms with Crippen LogP contribution in [0.1, 0.15) is 310 Å². The van der Waals surface area contributed by atoms with Gasteiger partial charge in [0.05, 0.1) is 0 Å². The predicted molar refractivity (Wildman–Crippen MR) is 302 cm³/mol. The van der Waals surface area contributed by atoms with Crippen molar-refractivity contribution >= 4 is 17.9 Å². The number of hydrogen-bond donors (Lipinski definition) is 0. The molecule has 0 bridgehead atoms. The summed E-state index contributed by atoms with van der Waals surface area (Å²) in [7, 11) is 0. The fourth-order valence-electron chi connectivity index (χ4n) is 8.62. The van der Waals surface area contributed by atoms with Crippen LogP contribution in [0.25, 0.3) is 0 Å². The maximum Gasteiger partial charge on any atom is 0.306 e. The highest BCUT2D eigenvalue weighted by Gasteiger charge is 2.19. The molecule has 0 rings (SSSR count). The molecule has 0 aliphatic rings. The largest absolute Gasteiger partial charge is 0.462 e. The fraction of sp³-hybridized carbons (Fsp3) is 0.797. The Balaban J connectivity index is 4.20. The second-order valence-electron chi connectivity index (χ2n) is 20.2. The minimum atomic E-state index is -0.781. The Morgan fingerprint density at radius 2 is 0.543 bits per heavy atom. The molecule has 0 aromatic heterocycles. The van der Waals surface area contributed by atoms with Crippen molar-refractivity contribution in [3.63, 3.8) is 0 Å². The molecule has 0 aliphatic heterocycles. The van der Waals surface area contributed by atoms with E-state index in [-0.39, 0.29) is 31.1 Å². The highest BCUT2D eigenvalue weighted by Crippen LogP contribution is 2.16. The van der Waals surface area contributed by atoms with Gasteiger partial charge in [-0.05, 0) is 103 Å². The minimum absolute atomic E-state index is 0.0797. The van der Waals surface area contributed by atoms with Gasteiger partial charge in [0.1, 0.15) is 13.2 Å². The van der Waals surface area contributed by atoms with Crippen LogP contribution < -0.4 is 0 Å². The van der Waals surface area contributed by atoms with Crippen LogP contribution in [0.4, 0.5) is 0 Å². The van der Waals surface area contributed by atoms with Gasteiger partial charge in [-0.3, -0.25) is 14.4 Å². The molecule has 0 aliphatic carbocycles. The summed E-state index contributed by atoms with van der Waals surface area (Å²) in [5.74, 6) is -0.891. The summed E-state index contributed by atoms with van der Waals surface area (Å²) in [4.78, 5) is 38.1. The highest BCUT2D eigenvalue weighted by atomic mass is 16.6. The zero-order valence-electron chi connectivity index (χ0n) is 46.5. The summed E-state index contributed by atoms with van der Waals surface area (Å²) in [6.45, 7) is 6.57. The molecule has 70 heavy (non-hydrogen) atoms. The first kappa shape index (κ1) is 67.1. The number of unbranched alkanes of at least 4 members (excludes halogenated alkanes) is 34. The highest BCUT2D eigenvalue weighted by molar-refractivity contribution is 5.71. The molecular weight excluding hydrogens is 865 g/mol. The Bertz CT molecular complexity index is 1260. The number of rotatable bonds is 55. The lowest BCUT2D eigenvalue weighted by Crippen LogP contribution is -2.30. The molecule has 0 amide bonds. The van der Waals surface area contributed by atoms with Gasteiger partial charge in [-0.25, -0.2) is 0 Å². The zero-order chi connectivity index (χ0) is 50.7. The molecule has 6 heteroatoms. The van der Waals surface area contributed by atoms with E-state index in [1.807, 2.05) is 0 Å². The van der Waals surface area contributed by atoms with Gasteiger partial charge < -0.3 is 14.2 Å². The standard InChI is InChI=1S/C64H114O6/c1-4-7-10-13-16-19-22-24-26-27-28-29-30-31-32-33-34-35-36-37-39-40-42-45-48-51-54-57-63(66)69-60-61(59-68-62(65)56-53-50-47-44-21-18-15-12-9-6-3)70-64(67)58-55-52-49-46-43-41-38-25-23-20-17-14-11-8-5-2/h12,15,22,24-25,27-28,30-31,38,61H,4-11,13-14,16-21,23,26,29,32-37,39-60H2,1-3H3/b15-12-,24-22-,28-27-,31-30-,38-25-. The first-order valence-corrected chi connectivity index (χ1v) is 30.3. The van der Waals surface area contributed by atoms with Crippen molar-refractivity contribution in [3.05, 3.63) is 60.8 Å². The van der Waals surface area contributed by atoms with Gasteiger partial charge >= 0.3 is 17.9 Å². The van der Waals surface area contributed by atoms with Gasteiger partial charge in [0.25, 0.3) is 0 Å². The average Bonchev–Trinajstić information content (AvgIpc) is 3.36.